The third-order valence-corrected chi connectivity index (χ3v) is 3.43. The van der Waals surface area contributed by atoms with Crippen LogP contribution in [0.2, 0.25) is 10.0 Å². The summed E-state index contributed by atoms with van der Waals surface area (Å²) >= 11 is 11.9. The second kappa shape index (κ2) is 4.88. The minimum absolute atomic E-state index is 0.165. The highest BCUT2D eigenvalue weighted by atomic mass is 35.5. The summed E-state index contributed by atoms with van der Waals surface area (Å²) in [6, 6.07) is 9.69. The lowest BCUT2D eigenvalue weighted by Gasteiger charge is -2.07. The van der Waals surface area contributed by atoms with Crippen molar-refractivity contribution in [2.24, 2.45) is 0 Å². The predicted octanol–water partition coefficient (Wildman–Crippen LogP) is 3.39. The fourth-order valence-electron chi connectivity index (χ4n) is 1.53. The molecule has 4 N–H and O–H groups in total. The number of anilines is 2. The van der Waals surface area contributed by atoms with Crippen molar-refractivity contribution >= 4 is 40.4 Å². The number of hydrogen-bond acceptors (Lipinski definition) is 3. The van der Waals surface area contributed by atoms with E-state index in [0.29, 0.717) is 22.5 Å². The second-order valence-corrected chi connectivity index (χ2v) is 4.54. The summed E-state index contributed by atoms with van der Waals surface area (Å²) in [6.07, 6.45) is 0. The van der Waals surface area contributed by atoms with Crippen molar-refractivity contribution < 1.29 is 4.79 Å². The van der Waals surface area contributed by atoms with Crippen LogP contribution >= 0.6 is 23.2 Å². The molecule has 3 nitrogen and oxygen atoms in total. The molecule has 2 aromatic rings. The van der Waals surface area contributed by atoms with Gasteiger partial charge in [0, 0.05) is 16.8 Å². The van der Waals surface area contributed by atoms with Crippen molar-refractivity contribution in [3.8, 4) is 0 Å². The van der Waals surface area contributed by atoms with Gasteiger partial charge in [-0.3, -0.25) is 4.79 Å². The van der Waals surface area contributed by atoms with E-state index in [1.807, 2.05) is 0 Å². The van der Waals surface area contributed by atoms with Crippen molar-refractivity contribution in [3.05, 3.63) is 57.6 Å². The number of carbonyl (C=O) groups excluding carboxylic acids is 1. The van der Waals surface area contributed by atoms with Gasteiger partial charge in [0.2, 0.25) is 0 Å². The average molecular weight is 281 g/mol. The first kappa shape index (κ1) is 12.7. The first-order valence-electron chi connectivity index (χ1n) is 5.14. The van der Waals surface area contributed by atoms with Gasteiger partial charge in [-0.1, -0.05) is 23.2 Å². The van der Waals surface area contributed by atoms with Gasteiger partial charge in [0.15, 0.2) is 5.78 Å². The Morgan fingerprint density at radius 1 is 0.889 bits per heavy atom. The number of nitrogen functional groups attached to an aromatic ring is 2. The first-order chi connectivity index (χ1) is 8.50. The lowest BCUT2D eigenvalue weighted by Crippen LogP contribution is -2.03. The highest BCUT2D eigenvalue weighted by molar-refractivity contribution is 6.45. The van der Waals surface area contributed by atoms with E-state index in [1.54, 1.807) is 36.4 Å². The molecule has 0 saturated heterocycles. The maximum absolute atomic E-state index is 12.2. The van der Waals surface area contributed by atoms with Crippen LogP contribution in [0.3, 0.4) is 0 Å². The number of benzene rings is 2. The van der Waals surface area contributed by atoms with E-state index in [4.69, 9.17) is 34.7 Å². The van der Waals surface area contributed by atoms with Gasteiger partial charge in [-0.2, -0.15) is 0 Å². The summed E-state index contributed by atoms with van der Waals surface area (Å²) in [6.45, 7) is 0. The molecule has 0 aromatic heterocycles. The molecule has 2 aromatic carbocycles. The topological polar surface area (TPSA) is 69.1 Å². The van der Waals surface area contributed by atoms with Crippen molar-refractivity contribution in [3.63, 3.8) is 0 Å². The minimum atomic E-state index is -0.220. The molecule has 5 heteroatoms. The van der Waals surface area contributed by atoms with Crippen LogP contribution in [-0.4, -0.2) is 5.78 Å². The Morgan fingerprint density at radius 2 is 1.50 bits per heavy atom. The van der Waals surface area contributed by atoms with Crippen LogP contribution in [0.4, 0.5) is 11.4 Å². The second-order valence-electron chi connectivity index (χ2n) is 3.78. The number of hydrogen-bond donors (Lipinski definition) is 2. The summed E-state index contributed by atoms with van der Waals surface area (Å²) < 4.78 is 0. The molecule has 0 spiro atoms. The summed E-state index contributed by atoms with van der Waals surface area (Å²) in [5.41, 5.74) is 12.9. The van der Waals surface area contributed by atoms with Crippen LogP contribution in [0.25, 0.3) is 0 Å². The molecule has 0 amide bonds. The summed E-state index contributed by atoms with van der Waals surface area (Å²) in [5.74, 6) is -0.220. The molecule has 0 radical (unpaired) electrons. The van der Waals surface area contributed by atoms with Crippen LogP contribution < -0.4 is 11.5 Å². The Kier molecular flexibility index (Phi) is 3.45. The SMILES string of the molecule is Nc1ccc(C(=O)c2ccc(N)c(Cl)c2Cl)cc1. The van der Waals surface area contributed by atoms with Crippen LogP contribution in [0, 0.1) is 0 Å². The minimum Gasteiger partial charge on any atom is -0.399 e. The first-order valence-corrected chi connectivity index (χ1v) is 5.90. The zero-order valence-corrected chi connectivity index (χ0v) is 10.8. The van der Waals surface area contributed by atoms with Gasteiger partial charge in [0.05, 0.1) is 15.7 Å². The van der Waals surface area contributed by atoms with Crippen LogP contribution in [0.15, 0.2) is 36.4 Å². The van der Waals surface area contributed by atoms with Crippen molar-refractivity contribution in [1.82, 2.24) is 0 Å². The molecule has 0 aliphatic carbocycles. The van der Waals surface area contributed by atoms with Crippen LogP contribution in [0.5, 0.6) is 0 Å². The van der Waals surface area contributed by atoms with Gasteiger partial charge >= 0.3 is 0 Å². The summed E-state index contributed by atoms with van der Waals surface area (Å²) in [7, 11) is 0. The maximum atomic E-state index is 12.2. The Labute approximate surface area is 114 Å². The van der Waals surface area contributed by atoms with Crippen molar-refractivity contribution in [2.45, 2.75) is 0 Å². The largest absolute Gasteiger partial charge is 0.399 e. The number of ketones is 1. The Balaban J connectivity index is 2.46. The average Bonchev–Trinajstić information content (AvgIpc) is 2.36. The molecule has 0 heterocycles. The molecule has 0 bridgehead atoms. The molecule has 0 aliphatic heterocycles. The monoisotopic (exact) mass is 280 g/mol. The van der Waals surface area contributed by atoms with E-state index in [1.165, 1.54) is 0 Å². The van der Waals surface area contributed by atoms with E-state index in [2.05, 4.69) is 0 Å². The summed E-state index contributed by atoms with van der Waals surface area (Å²) in [4.78, 5) is 12.2. The third-order valence-electron chi connectivity index (χ3n) is 2.53. The highest BCUT2D eigenvalue weighted by Crippen LogP contribution is 2.32. The van der Waals surface area contributed by atoms with Gasteiger partial charge in [0.1, 0.15) is 0 Å². The fraction of sp³-hybridized carbons (Fsp3) is 0. The van der Waals surface area contributed by atoms with Crippen LogP contribution in [-0.2, 0) is 0 Å². The van der Waals surface area contributed by atoms with E-state index in [-0.39, 0.29) is 15.8 Å². The van der Waals surface area contributed by atoms with Gasteiger partial charge in [-0.05, 0) is 36.4 Å². The van der Waals surface area contributed by atoms with Gasteiger partial charge in [-0.25, -0.2) is 0 Å². The lowest BCUT2D eigenvalue weighted by atomic mass is 10.0. The maximum Gasteiger partial charge on any atom is 0.194 e. The fourth-order valence-corrected chi connectivity index (χ4v) is 1.95. The molecule has 0 saturated carbocycles. The van der Waals surface area contributed by atoms with Gasteiger partial charge in [0.25, 0.3) is 0 Å². The molecule has 0 aliphatic rings. The molecule has 2 rings (SSSR count). The van der Waals surface area contributed by atoms with Gasteiger partial charge in [-0.15, -0.1) is 0 Å². The predicted molar refractivity (Wildman–Crippen MR) is 75.2 cm³/mol. The quantitative estimate of drug-likeness (QED) is 0.654. The van der Waals surface area contributed by atoms with Crippen molar-refractivity contribution in [2.75, 3.05) is 11.5 Å². The van der Waals surface area contributed by atoms with E-state index in [0.717, 1.165) is 0 Å². The zero-order valence-electron chi connectivity index (χ0n) is 9.28. The Bertz CT molecular complexity index is 609. The summed E-state index contributed by atoms with van der Waals surface area (Å²) in [5, 5.41) is 0.358. The lowest BCUT2D eigenvalue weighted by molar-refractivity contribution is 0.103. The molecule has 0 unspecified atom stereocenters. The smallest absolute Gasteiger partial charge is 0.194 e. The molecule has 92 valence electrons. The van der Waals surface area contributed by atoms with E-state index in [9.17, 15) is 4.79 Å². The highest BCUT2D eigenvalue weighted by Gasteiger charge is 2.16. The Morgan fingerprint density at radius 3 is 2.11 bits per heavy atom. The standard InChI is InChI=1S/C13H10Cl2N2O/c14-11-9(5-6-10(17)12(11)15)13(18)7-1-3-8(16)4-2-7/h1-6H,16-17H2. The van der Waals surface area contributed by atoms with E-state index < -0.39 is 0 Å². The number of nitrogens with two attached hydrogens (primary N) is 2. The molecule has 0 fully saturated rings. The third kappa shape index (κ3) is 2.28. The molecular weight excluding hydrogens is 271 g/mol. The number of halogens is 2. The molecule has 0 atom stereocenters. The number of rotatable bonds is 2. The van der Waals surface area contributed by atoms with Crippen LogP contribution in [0.1, 0.15) is 15.9 Å². The zero-order chi connectivity index (χ0) is 13.3. The van der Waals surface area contributed by atoms with Crippen molar-refractivity contribution in [1.29, 1.82) is 0 Å². The molecular formula is C13H10Cl2N2O. The Hall–Kier alpha value is -1.71. The molecule has 18 heavy (non-hydrogen) atoms. The number of carbonyl (C=O) groups is 1. The van der Waals surface area contributed by atoms with E-state index >= 15 is 0 Å². The van der Waals surface area contributed by atoms with Gasteiger partial charge < -0.3 is 11.5 Å². The normalized spacial score (nSPS) is 10.3.